The van der Waals surface area contributed by atoms with E-state index < -0.39 is 0 Å². The van der Waals surface area contributed by atoms with Crippen molar-refractivity contribution in [3.05, 3.63) is 41.2 Å². The minimum Gasteiger partial charge on any atom is -0.306 e. The zero-order chi connectivity index (χ0) is 13.4. The summed E-state index contributed by atoms with van der Waals surface area (Å²) in [5, 5.41) is 2.60. The molecule has 3 rings (SSSR count). The van der Waals surface area contributed by atoms with Gasteiger partial charge >= 0.3 is 0 Å². The highest BCUT2D eigenvalue weighted by molar-refractivity contribution is 5.83. The lowest BCUT2D eigenvalue weighted by Gasteiger charge is -2.28. The fourth-order valence-electron chi connectivity index (χ4n) is 2.97. The molecule has 0 aliphatic carbocycles. The van der Waals surface area contributed by atoms with Gasteiger partial charge in [0.2, 0.25) is 0 Å². The molecule has 1 aromatic heterocycles. The van der Waals surface area contributed by atoms with Gasteiger partial charge in [-0.25, -0.2) is 0 Å². The monoisotopic (exact) mass is 254 g/mol. The maximum Gasteiger partial charge on any atom is 0.0441 e. The van der Waals surface area contributed by atoms with E-state index >= 15 is 0 Å². The van der Waals surface area contributed by atoms with Gasteiger partial charge in [0.1, 0.15) is 0 Å². The molecule has 1 aliphatic rings. The van der Waals surface area contributed by atoms with Crippen molar-refractivity contribution >= 4 is 10.8 Å². The van der Waals surface area contributed by atoms with E-state index in [0.717, 1.165) is 0 Å². The number of hydrogen-bond acceptors (Lipinski definition) is 2. The third-order valence-corrected chi connectivity index (χ3v) is 4.49. The predicted molar refractivity (Wildman–Crippen MR) is 80.7 cm³/mol. The average molecular weight is 254 g/mol. The topological polar surface area (TPSA) is 16.1 Å². The number of aromatic nitrogens is 1. The molecule has 0 spiro atoms. The quantitative estimate of drug-likeness (QED) is 0.772. The first-order valence-corrected chi connectivity index (χ1v) is 7.19. The van der Waals surface area contributed by atoms with Gasteiger partial charge in [-0.05, 0) is 75.5 Å². The summed E-state index contributed by atoms with van der Waals surface area (Å²) in [6.45, 7) is 6.73. The van der Waals surface area contributed by atoms with Crippen molar-refractivity contribution < 1.29 is 0 Å². The Morgan fingerprint density at radius 2 is 1.63 bits per heavy atom. The van der Waals surface area contributed by atoms with Gasteiger partial charge in [-0.3, -0.25) is 4.98 Å². The van der Waals surface area contributed by atoms with Crippen molar-refractivity contribution in [3.63, 3.8) is 0 Å². The molecule has 0 atom stereocenters. The predicted octanol–water partition coefficient (Wildman–Crippen LogP) is 3.66. The summed E-state index contributed by atoms with van der Waals surface area (Å²) >= 11 is 0. The van der Waals surface area contributed by atoms with Crippen LogP contribution in [0.2, 0.25) is 0 Å². The third kappa shape index (κ3) is 2.50. The SMILES string of the molecule is Cc1cc2cnc(C3CCN(C)CC3)cc2cc1C. The van der Waals surface area contributed by atoms with Gasteiger partial charge in [-0.2, -0.15) is 0 Å². The van der Waals surface area contributed by atoms with Crippen LogP contribution in [0, 0.1) is 13.8 Å². The molecule has 0 unspecified atom stereocenters. The first-order valence-electron chi connectivity index (χ1n) is 7.19. The Balaban J connectivity index is 1.95. The van der Waals surface area contributed by atoms with Crippen molar-refractivity contribution in [3.8, 4) is 0 Å². The van der Waals surface area contributed by atoms with E-state index in [1.165, 1.54) is 53.5 Å². The first-order chi connectivity index (χ1) is 9.13. The molecule has 0 amide bonds. The second-order valence-electron chi connectivity index (χ2n) is 5.97. The molecule has 0 bridgehead atoms. The number of fused-ring (bicyclic) bond motifs is 1. The Morgan fingerprint density at radius 3 is 2.32 bits per heavy atom. The highest BCUT2D eigenvalue weighted by Gasteiger charge is 2.19. The molecule has 0 saturated carbocycles. The van der Waals surface area contributed by atoms with Gasteiger partial charge in [0, 0.05) is 23.2 Å². The Hall–Kier alpha value is -1.41. The number of likely N-dealkylation sites (tertiary alicyclic amines) is 1. The van der Waals surface area contributed by atoms with Crippen LogP contribution in [0.1, 0.15) is 35.6 Å². The molecule has 2 aromatic rings. The normalized spacial score (nSPS) is 18.1. The summed E-state index contributed by atoms with van der Waals surface area (Å²) in [5.41, 5.74) is 4.00. The molecule has 19 heavy (non-hydrogen) atoms. The third-order valence-electron chi connectivity index (χ3n) is 4.49. The van der Waals surface area contributed by atoms with Gasteiger partial charge in [0.25, 0.3) is 0 Å². The van der Waals surface area contributed by atoms with Crippen LogP contribution in [0.5, 0.6) is 0 Å². The summed E-state index contributed by atoms with van der Waals surface area (Å²) in [4.78, 5) is 7.12. The van der Waals surface area contributed by atoms with Crippen LogP contribution in [-0.2, 0) is 0 Å². The van der Waals surface area contributed by atoms with E-state index in [-0.39, 0.29) is 0 Å². The first kappa shape index (κ1) is 12.6. The molecule has 1 aromatic carbocycles. The number of hydrogen-bond donors (Lipinski definition) is 0. The largest absolute Gasteiger partial charge is 0.306 e. The van der Waals surface area contributed by atoms with Crippen LogP contribution in [0.25, 0.3) is 10.8 Å². The second-order valence-corrected chi connectivity index (χ2v) is 5.97. The summed E-state index contributed by atoms with van der Waals surface area (Å²) in [5.74, 6) is 0.641. The molecule has 1 aliphatic heterocycles. The number of aryl methyl sites for hydroxylation is 2. The zero-order valence-corrected chi connectivity index (χ0v) is 12.1. The maximum absolute atomic E-state index is 4.71. The molecule has 2 heteroatoms. The van der Waals surface area contributed by atoms with Crippen molar-refractivity contribution in [1.29, 1.82) is 0 Å². The second kappa shape index (κ2) is 4.93. The van der Waals surface area contributed by atoms with Crippen molar-refractivity contribution in [2.45, 2.75) is 32.6 Å². The van der Waals surface area contributed by atoms with E-state index in [4.69, 9.17) is 4.98 Å². The van der Waals surface area contributed by atoms with Crippen LogP contribution >= 0.6 is 0 Å². The lowest BCUT2D eigenvalue weighted by molar-refractivity contribution is 0.253. The fourth-order valence-corrected chi connectivity index (χ4v) is 2.97. The van der Waals surface area contributed by atoms with Crippen molar-refractivity contribution in [2.24, 2.45) is 0 Å². The Bertz CT molecular complexity index is 595. The van der Waals surface area contributed by atoms with Gasteiger partial charge in [0.15, 0.2) is 0 Å². The molecule has 1 fully saturated rings. The molecule has 2 heterocycles. The van der Waals surface area contributed by atoms with Crippen molar-refractivity contribution in [1.82, 2.24) is 9.88 Å². The standard InChI is InChI=1S/C17H22N2/c1-12-8-15-10-17(14-4-6-19(3)7-5-14)18-11-16(15)9-13(12)2/h8-11,14H,4-7H2,1-3H3. The molecular formula is C17H22N2. The molecule has 100 valence electrons. The Morgan fingerprint density at radius 1 is 1.00 bits per heavy atom. The lowest BCUT2D eigenvalue weighted by Crippen LogP contribution is -2.29. The zero-order valence-electron chi connectivity index (χ0n) is 12.1. The van der Waals surface area contributed by atoms with Crippen molar-refractivity contribution in [2.75, 3.05) is 20.1 Å². The summed E-state index contributed by atoms with van der Waals surface area (Å²) in [7, 11) is 2.20. The van der Waals surface area contributed by atoms with E-state index in [1.54, 1.807) is 0 Å². The van der Waals surface area contributed by atoms with E-state index in [9.17, 15) is 0 Å². The van der Waals surface area contributed by atoms with Crippen LogP contribution in [0.15, 0.2) is 24.4 Å². The van der Waals surface area contributed by atoms with Gasteiger partial charge < -0.3 is 4.90 Å². The van der Waals surface area contributed by atoms with E-state index in [1.807, 2.05) is 0 Å². The average Bonchev–Trinajstić information content (AvgIpc) is 2.40. The number of piperidine rings is 1. The molecule has 0 N–H and O–H groups in total. The molecule has 1 saturated heterocycles. The minimum absolute atomic E-state index is 0.641. The Kier molecular flexibility index (Phi) is 3.28. The summed E-state index contributed by atoms with van der Waals surface area (Å²) < 4.78 is 0. The van der Waals surface area contributed by atoms with Crippen LogP contribution in [0.4, 0.5) is 0 Å². The smallest absolute Gasteiger partial charge is 0.0441 e. The minimum atomic E-state index is 0.641. The number of benzene rings is 1. The molecule has 0 radical (unpaired) electrons. The number of rotatable bonds is 1. The van der Waals surface area contributed by atoms with E-state index in [2.05, 4.69) is 50.2 Å². The summed E-state index contributed by atoms with van der Waals surface area (Å²) in [6.07, 6.45) is 4.52. The number of pyridine rings is 1. The summed E-state index contributed by atoms with van der Waals surface area (Å²) in [6, 6.07) is 6.85. The molecule has 2 nitrogen and oxygen atoms in total. The Labute approximate surface area is 115 Å². The van der Waals surface area contributed by atoms with Crippen LogP contribution < -0.4 is 0 Å². The molecular weight excluding hydrogens is 232 g/mol. The van der Waals surface area contributed by atoms with Gasteiger partial charge in [-0.15, -0.1) is 0 Å². The van der Waals surface area contributed by atoms with Crippen LogP contribution in [-0.4, -0.2) is 30.0 Å². The van der Waals surface area contributed by atoms with Gasteiger partial charge in [0.05, 0.1) is 0 Å². The lowest BCUT2D eigenvalue weighted by atomic mass is 9.92. The highest BCUT2D eigenvalue weighted by Crippen LogP contribution is 2.28. The van der Waals surface area contributed by atoms with E-state index in [0.29, 0.717) is 5.92 Å². The maximum atomic E-state index is 4.71. The van der Waals surface area contributed by atoms with Gasteiger partial charge in [-0.1, -0.05) is 6.07 Å². The van der Waals surface area contributed by atoms with Crippen LogP contribution in [0.3, 0.4) is 0 Å². The number of nitrogens with zero attached hydrogens (tertiary/aromatic N) is 2. The highest BCUT2D eigenvalue weighted by atomic mass is 15.1. The fraction of sp³-hybridized carbons (Fsp3) is 0.471.